The lowest BCUT2D eigenvalue weighted by Gasteiger charge is -2.18. The van der Waals surface area contributed by atoms with Crippen molar-refractivity contribution < 1.29 is 13.9 Å². The first-order valence-corrected chi connectivity index (χ1v) is 4.74. The van der Waals surface area contributed by atoms with Crippen molar-refractivity contribution in [1.82, 2.24) is 4.90 Å². The Morgan fingerprint density at radius 2 is 2.47 bits per heavy atom. The Morgan fingerprint density at radius 1 is 1.67 bits per heavy atom. The number of hydrogen-bond acceptors (Lipinski definition) is 4. The number of amides is 1. The molecule has 84 valence electrons. The number of methoxy groups -OCH3 is 1. The van der Waals surface area contributed by atoms with Gasteiger partial charge in [-0.05, 0) is 12.1 Å². The van der Waals surface area contributed by atoms with Crippen LogP contribution < -0.4 is 5.73 Å². The summed E-state index contributed by atoms with van der Waals surface area (Å²) in [5, 5.41) is 0. The van der Waals surface area contributed by atoms with E-state index in [0.717, 1.165) is 5.76 Å². The van der Waals surface area contributed by atoms with Gasteiger partial charge in [0.1, 0.15) is 5.76 Å². The van der Waals surface area contributed by atoms with Crippen LogP contribution in [0.2, 0.25) is 0 Å². The summed E-state index contributed by atoms with van der Waals surface area (Å²) in [6.07, 6.45) is 1.61. The first kappa shape index (κ1) is 11.7. The van der Waals surface area contributed by atoms with E-state index in [1.165, 1.54) is 0 Å². The predicted molar refractivity (Wildman–Crippen MR) is 55.1 cm³/mol. The Bertz CT molecular complexity index is 285. The molecule has 1 amide bonds. The van der Waals surface area contributed by atoms with Crippen LogP contribution in [0.1, 0.15) is 5.76 Å². The monoisotopic (exact) mass is 212 g/mol. The van der Waals surface area contributed by atoms with Crippen LogP contribution in [0.5, 0.6) is 0 Å². The lowest BCUT2D eigenvalue weighted by molar-refractivity contribution is -0.119. The Balaban J connectivity index is 2.44. The zero-order valence-electron chi connectivity index (χ0n) is 8.81. The van der Waals surface area contributed by atoms with Crippen molar-refractivity contribution in [3.8, 4) is 0 Å². The van der Waals surface area contributed by atoms with Gasteiger partial charge in [-0.15, -0.1) is 0 Å². The van der Waals surface area contributed by atoms with Gasteiger partial charge in [0.15, 0.2) is 0 Å². The number of primary amides is 1. The summed E-state index contributed by atoms with van der Waals surface area (Å²) < 4.78 is 10.1. The maximum atomic E-state index is 10.8. The van der Waals surface area contributed by atoms with Crippen LogP contribution in [0.25, 0.3) is 0 Å². The molecular formula is C10H16N2O3. The third-order valence-corrected chi connectivity index (χ3v) is 1.95. The highest BCUT2D eigenvalue weighted by molar-refractivity contribution is 5.75. The van der Waals surface area contributed by atoms with Gasteiger partial charge in [0.05, 0.1) is 26.0 Å². The van der Waals surface area contributed by atoms with Crippen LogP contribution in [-0.2, 0) is 16.1 Å². The number of nitrogens with two attached hydrogens (primary N) is 1. The van der Waals surface area contributed by atoms with Crippen LogP contribution in [0, 0.1) is 0 Å². The maximum absolute atomic E-state index is 10.8. The average molecular weight is 212 g/mol. The van der Waals surface area contributed by atoms with Crippen molar-refractivity contribution in [3.63, 3.8) is 0 Å². The molecule has 15 heavy (non-hydrogen) atoms. The molecule has 5 nitrogen and oxygen atoms in total. The molecule has 1 heterocycles. The van der Waals surface area contributed by atoms with E-state index in [9.17, 15) is 4.79 Å². The highest BCUT2D eigenvalue weighted by atomic mass is 16.5. The number of carbonyl (C=O) groups excluding carboxylic acids is 1. The van der Waals surface area contributed by atoms with E-state index in [2.05, 4.69) is 0 Å². The molecule has 2 N–H and O–H groups in total. The van der Waals surface area contributed by atoms with Crippen molar-refractivity contribution in [2.75, 3.05) is 26.8 Å². The molecule has 0 fully saturated rings. The molecule has 1 aromatic heterocycles. The minimum atomic E-state index is -0.349. The van der Waals surface area contributed by atoms with E-state index < -0.39 is 0 Å². The van der Waals surface area contributed by atoms with Crippen molar-refractivity contribution in [1.29, 1.82) is 0 Å². The highest BCUT2D eigenvalue weighted by Gasteiger charge is 2.09. The minimum absolute atomic E-state index is 0.212. The molecule has 0 saturated heterocycles. The predicted octanol–water partition coefficient (Wildman–Crippen LogP) is 0.213. The summed E-state index contributed by atoms with van der Waals surface area (Å²) in [5.41, 5.74) is 5.14. The first-order valence-electron chi connectivity index (χ1n) is 4.74. The molecule has 0 unspecified atom stereocenters. The quantitative estimate of drug-likeness (QED) is 0.701. The molecular weight excluding hydrogens is 196 g/mol. The third-order valence-electron chi connectivity index (χ3n) is 1.95. The molecule has 0 aliphatic carbocycles. The summed E-state index contributed by atoms with van der Waals surface area (Å²) in [4.78, 5) is 12.7. The first-order chi connectivity index (χ1) is 7.22. The molecule has 0 spiro atoms. The molecule has 0 saturated carbocycles. The van der Waals surface area contributed by atoms with Gasteiger partial charge >= 0.3 is 0 Å². The summed E-state index contributed by atoms with van der Waals surface area (Å²) in [6, 6.07) is 3.68. The van der Waals surface area contributed by atoms with Gasteiger partial charge in [-0.3, -0.25) is 9.69 Å². The van der Waals surface area contributed by atoms with E-state index in [1.807, 2.05) is 17.0 Å². The Labute approximate surface area is 88.8 Å². The Kier molecular flexibility index (Phi) is 4.86. The molecule has 0 aromatic carbocycles. The van der Waals surface area contributed by atoms with Crippen LogP contribution in [-0.4, -0.2) is 37.6 Å². The fourth-order valence-corrected chi connectivity index (χ4v) is 1.28. The molecule has 0 radical (unpaired) electrons. The Hall–Kier alpha value is -1.33. The summed E-state index contributed by atoms with van der Waals surface area (Å²) >= 11 is 0. The SMILES string of the molecule is COCCN(CC(N)=O)Cc1ccco1. The van der Waals surface area contributed by atoms with Crippen LogP contribution in [0.4, 0.5) is 0 Å². The van der Waals surface area contributed by atoms with E-state index in [0.29, 0.717) is 19.7 Å². The maximum Gasteiger partial charge on any atom is 0.231 e. The topological polar surface area (TPSA) is 68.7 Å². The largest absolute Gasteiger partial charge is 0.468 e. The zero-order valence-corrected chi connectivity index (χ0v) is 8.81. The van der Waals surface area contributed by atoms with Crippen LogP contribution in [0.15, 0.2) is 22.8 Å². The molecule has 1 rings (SSSR count). The van der Waals surface area contributed by atoms with Gasteiger partial charge in [0.2, 0.25) is 5.91 Å². The summed E-state index contributed by atoms with van der Waals surface area (Å²) in [6.45, 7) is 2.00. The summed E-state index contributed by atoms with van der Waals surface area (Å²) in [7, 11) is 1.62. The molecule has 0 bridgehead atoms. The minimum Gasteiger partial charge on any atom is -0.468 e. The van der Waals surface area contributed by atoms with Gasteiger partial charge in [0, 0.05) is 13.7 Å². The molecule has 0 aliphatic heterocycles. The smallest absolute Gasteiger partial charge is 0.231 e. The lowest BCUT2D eigenvalue weighted by Crippen LogP contribution is -2.35. The molecule has 5 heteroatoms. The second kappa shape index (κ2) is 6.21. The summed E-state index contributed by atoms with van der Waals surface area (Å²) in [5.74, 6) is 0.463. The van der Waals surface area contributed by atoms with E-state index >= 15 is 0 Å². The number of carbonyl (C=O) groups is 1. The van der Waals surface area contributed by atoms with E-state index in [1.54, 1.807) is 13.4 Å². The number of ether oxygens (including phenoxy) is 1. The average Bonchev–Trinajstić information content (AvgIpc) is 2.66. The van der Waals surface area contributed by atoms with Crippen molar-refractivity contribution in [2.45, 2.75) is 6.54 Å². The number of nitrogens with zero attached hydrogens (tertiary/aromatic N) is 1. The Morgan fingerprint density at radius 3 is 3.00 bits per heavy atom. The molecule has 1 aromatic rings. The fourth-order valence-electron chi connectivity index (χ4n) is 1.28. The van der Waals surface area contributed by atoms with Crippen molar-refractivity contribution in [3.05, 3.63) is 24.2 Å². The highest BCUT2D eigenvalue weighted by Crippen LogP contribution is 2.04. The normalized spacial score (nSPS) is 10.8. The van der Waals surface area contributed by atoms with Crippen molar-refractivity contribution >= 4 is 5.91 Å². The van der Waals surface area contributed by atoms with Gasteiger partial charge < -0.3 is 14.9 Å². The number of hydrogen-bond donors (Lipinski definition) is 1. The number of rotatable bonds is 7. The standard InChI is InChI=1S/C10H16N2O3/c1-14-6-4-12(8-10(11)13)7-9-3-2-5-15-9/h2-3,5H,4,6-8H2,1H3,(H2,11,13). The third kappa shape index (κ3) is 4.62. The van der Waals surface area contributed by atoms with E-state index in [4.69, 9.17) is 14.9 Å². The second-order valence-electron chi connectivity index (χ2n) is 3.25. The van der Waals surface area contributed by atoms with Gasteiger partial charge in [-0.2, -0.15) is 0 Å². The van der Waals surface area contributed by atoms with Crippen LogP contribution in [0.3, 0.4) is 0 Å². The lowest BCUT2D eigenvalue weighted by atomic mass is 10.3. The fraction of sp³-hybridized carbons (Fsp3) is 0.500. The van der Waals surface area contributed by atoms with Gasteiger partial charge in [-0.25, -0.2) is 0 Å². The van der Waals surface area contributed by atoms with Crippen LogP contribution >= 0.6 is 0 Å². The molecule has 0 atom stereocenters. The van der Waals surface area contributed by atoms with Gasteiger partial charge in [-0.1, -0.05) is 0 Å². The number of furan rings is 1. The van der Waals surface area contributed by atoms with Crippen molar-refractivity contribution in [2.24, 2.45) is 5.73 Å². The second-order valence-corrected chi connectivity index (χ2v) is 3.25. The van der Waals surface area contributed by atoms with E-state index in [-0.39, 0.29) is 12.5 Å². The molecule has 0 aliphatic rings. The van der Waals surface area contributed by atoms with Gasteiger partial charge in [0.25, 0.3) is 0 Å². The zero-order chi connectivity index (χ0) is 11.1.